The Balaban J connectivity index is 2.86. The topological polar surface area (TPSA) is 66.4 Å². The average molecular weight is 354 g/mol. The van der Waals surface area contributed by atoms with E-state index in [1.807, 2.05) is 20.8 Å². The van der Waals surface area contributed by atoms with Gasteiger partial charge in [-0.3, -0.25) is 0 Å². The fourth-order valence-corrected chi connectivity index (χ4v) is 3.01. The van der Waals surface area contributed by atoms with E-state index in [-0.39, 0.29) is 10.1 Å². The Kier molecular flexibility index (Phi) is 3.71. The molecule has 0 saturated carbocycles. The normalized spacial score (nSPS) is 20.7. The summed E-state index contributed by atoms with van der Waals surface area (Å²) in [6.07, 6.45) is 0.862. The number of carboxylic acid groups (broad SMARTS) is 1. The Morgan fingerprint density at radius 2 is 1.90 bits per heavy atom. The van der Waals surface area contributed by atoms with Crippen LogP contribution in [0.4, 0.5) is 10.5 Å². The first-order chi connectivity index (χ1) is 9.65. The first kappa shape index (κ1) is 15.7. The van der Waals surface area contributed by atoms with Crippen LogP contribution < -0.4 is 9.59 Å². The van der Waals surface area contributed by atoms with E-state index >= 15 is 0 Å². The number of nitrogens with zero attached hydrogens (tertiary/aromatic N) is 1. The van der Waals surface area contributed by atoms with Crippen LogP contribution in [0.25, 0.3) is 5.57 Å². The number of ether oxygens (including phenoxy) is 1. The molecule has 1 aromatic carbocycles. The average Bonchev–Trinajstić information content (AvgIpc) is 2.73. The number of quaternary nitrogens is 1. The van der Waals surface area contributed by atoms with Gasteiger partial charge in [-0.2, -0.15) is 9.28 Å². The van der Waals surface area contributed by atoms with Crippen LogP contribution in [0.2, 0.25) is 0 Å². The Hall–Kier alpha value is -1.66. The first-order valence-electron chi connectivity index (χ1n) is 6.37. The number of fused-ring (bicyclic) bond motifs is 1. The van der Waals surface area contributed by atoms with E-state index in [0.29, 0.717) is 11.3 Å². The molecule has 0 fully saturated rings. The summed E-state index contributed by atoms with van der Waals surface area (Å²) in [4.78, 5) is 23.9. The molecule has 1 unspecified atom stereocenters. The predicted octanol–water partition coefficient (Wildman–Crippen LogP) is 2.43. The van der Waals surface area contributed by atoms with Crippen molar-refractivity contribution in [2.45, 2.75) is 26.3 Å². The van der Waals surface area contributed by atoms with Crippen LogP contribution in [0, 0.1) is 0 Å². The van der Waals surface area contributed by atoms with Crippen LogP contribution >= 0.6 is 15.9 Å². The zero-order chi connectivity index (χ0) is 16.0. The van der Waals surface area contributed by atoms with E-state index in [0.717, 1.165) is 4.47 Å². The lowest BCUT2D eigenvalue weighted by Crippen LogP contribution is -2.60. The van der Waals surface area contributed by atoms with Crippen molar-refractivity contribution >= 4 is 39.3 Å². The highest BCUT2D eigenvalue weighted by Gasteiger charge is 2.55. The molecule has 5 nitrogen and oxygen atoms in total. The Morgan fingerprint density at radius 3 is 2.38 bits per heavy atom. The van der Waals surface area contributed by atoms with E-state index in [1.165, 1.54) is 13.3 Å². The molecule has 1 heterocycles. The second kappa shape index (κ2) is 4.96. The van der Waals surface area contributed by atoms with Gasteiger partial charge in [-0.25, -0.2) is 0 Å². The maximum absolute atomic E-state index is 12.5. The molecule has 112 valence electrons. The minimum Gasteiger partial charge on any atom is -0.545 e. The number of aliphatic carboxylic acids is 1. The Bertz CT molecular complexity index is 660. The van der Waals surface area contributed by atoms with E-state index in [1.54, 1.807) is 18.2 Å². The quantitative estimate of drug-likeness (QED) is 0.727. The number of carbonyl (C=O) groups excluding carboxylic acids is 2. The van der Waals surface area contributed by atoms with Crippen molar-refractivity contribution in [1.82, 2.24) is 4.48 Å². The summed E-state index contributed by atoms with van der Waals surface area (Å²) in [5, 5.41) is 11.4. The highest BCUT2D eigenvalue weighted by Crippen LogP contribution is 2.47. The molecule has 6 heteroatoms. The number of carboxylic acids is 1. The van der Waals surface area contributed by atoms with Gasteiger partial charge >= 0.3 is 6.09 Å². The summed E-state index contributed by atoms with van der Waals surface area (Å²) in [7, 11) is 1.29. The van der Waals surface area contributed by atoms with Crippen molar-refractivity contribution in [2.75, 3.05) is 7.11 Å². The van der Waals surface area contributed by atoms with Crippen LogP contribution in [-0.4, -0.2) is 24.7 Å². The van der Waals surface area contributed by atoms with Crippen LogP contribution in [0.5, 0.6) is 0 Å². The third-order valence-electron chi connectivity index (χ3n) is 3.69. The predicted molar refractivity (Wildman–Crippen MR) is 81.1 cm³/mol. The molecule has 21 heavy (non-hydrogen) atoms. The first-order valence-corrected chi connectivity index (χ1v) is 7.16. The van der Waals surface area contributed by atoms with E-state index in [9.17, 15) is 14.7 Å². The lowest BCUT2D eigenvalue weighted by Gasteiger charge is -2.39. The summed E-state index contributed by atoms with van der Waals surface area (Å²) in [6, 6.07) is 5.17. The monoisotopic (exact) mass is 353 g/mol. The summed E-state index contributed by atoms with van der Waals surface area (Å²) >= 11 is 3.32. The van der Waals surface area contributed by atoms with Crippen molar-refractivity contribution in [3.8, 4) is 0 Å². The largest absolute Gasteiger partial charge is 0.545 e. The van der Waals surface area contributed by atoms with Crippen molar-refractivity contribution in [2.24, 2.45) is 0 Å². The zero-order valence-corrected chi connectivity index (χ0v) is 13.9. The molecule has 0 spiro atoms. The van der Waals surface area contributed by atoms with Gasteiger partial charge in [0.1, 0.15) is 11.7 Å². The summed E-state index contributed by atoms with van der Waals surface area (Å²) in [5.74, 6) is -1.32. The minimum absolute atomic E-state index is 0.00775. The van der Waals surface area contributed by atoms with Gasteiger partial charge in [0.25, 0.3) is 0 Å². The second-order valence-electron chi connectivity index (χ2n) is 5.86. The summed E-state index contributed by atoms with van der Waals surface area (Å²) in [5.41, 5.74) is 0.403. The molecule has 1 amide bonds. The van der Waals surface area contributed by atoms with Crippen molar-refractivity contribution in [3.05, 3.63) is 34.4 Å². The third kappa shape index (κ3) is 2.18. The Morgan fingerprint density at radius 1 is 1.29 bits per heavy atom. The molecule has 1 aliphatic rings. The fourth-order valence-electron chi connectivity index (χ4n) is 2.65. The zero-order valence-electron chi connectivity index (χ0n) is 12.3. The van der Waals surface area contributed by atoms with Crippen LogP contribution in [0.1, 0.15) is 26.3 Å². The van der Waals surface area contributed by atoms with Gasteiger partial charge in [0.2, 0.25) is 0 Å². The Labute approximate surface area is 131 Å². The van der Waals surface area contributed by atoms with Gasteiger partial charge in [0.15, 0.2) is 5.69 Å². The van der Waals surface area contributed by atoms with Gasteiger partial charge in [-0.1, -0.05) is 15.9 Å². The van der Waals surface area contributed by atoms with Crippen LogP contribution in [0.3, 0.4) is 0 Å². The summed E-state index contributed by atoms with van der Waals surface area (Å²) < 4.78 is 5.35. The van der Waals surface area contributed by atoms with Gasteiger partial charge in [0.05, 0.1) is 24.2 Å². The molecule has 0 bridgehead atoms. The van der Waals surface area contributed by atoms with E-state index in [4.69, 9.17) is 4.74 Å². The van der Waals surface area contributed by atoms with Gasteiger partial charge in [-0.05, 0) is 32.9 Å². The van der Waals surface area contributed by atoms with Crippen molar-refractivity contribution < 1.29 is 19.4 Å². The molecule has 1 aliphatic heterocycles. The molecular formula is C15H16BrNO4. The van der Waals surface area contributed by atoms with E-state index in [2.05, 4.69) is 15.9 Å². The molecule has 0 aliphatic carbocycles. The number of hydrogen-bond acceptors (Lipinski definition) is 4. The number of methoxy groups -OCH3 is 1. The lowest BCUT2D eigenvalue weighted by atomic mass is 10.0. The molecule has 1 aromatic rings. The summed E-state index contributed by atoms with van der Waals surface area (Å²) in [6.45, 7) is 5.55. The number of halogens is 1. The maximum Gasteiger partial charge on any atom is 0.526 e. The number of rotatable bonds is 1. The SMILES string of the molecule is COC(=O)[N+]1(C(C)(C)C)C=C(C(=O)[O-])c2cc(Br)ccc21. The van der Waals surface area contributed by atoms with Crippen LogP contribution in [0.15, 0.2) is 28.9 Å². The van der Waals surface area contributed by atoms with Crippen molar-refractivity contribution in [3.63, 3.8) is 0 Å². The third-order valence-corrected chi connectivity index (χ3v) is 4.19. The molecule has 0 N–H and O–H groups in total. The van der Waals surface area contributed by atoms with Gasteiger partial charge in [0, 0.05) is 10.5 Å². The van der Waals surface area contributed by atoms with Crippen LogP contribution in [-0.2, 0) is 9.53 Å². The standard InChI is InChI=1S/C15H16BrNO4/c1-15(2,3)17(14(20)21-4)8-11(13(18)19)10-7-9(16)5-6-12(10)17/h5-8H,1-4H3. The highest BCUT2D eigenvalue weighted by molar-refractivity contribution is 9.10. The number of amides is 1. The second-order valence-corrected chi connectivity index (χ2v) is 6.77. The molecule has 0 aromatic heterocycles. The fraction of sp³-hybridized carbons (Fsp3) is 0.333. The number of benzene rings is 1. The smallest absolute Gasteiger partial charge is 0.526 e. The van der Waals surface area contributed by atoms with E-state index < -0.39 is 17.6 Å². The van der Waals surface area contributed by atoms with Crippen molar-refractivity contribution in [1.29, 1.82) is 0 Å². The molecule has 2 rings (SSSR count). The molecule has 0 radical (unpaired) electrons. The molecule has 1 atom stereocenters. The minimum atomic E-state index is -1.32. The van der Waals surface area contributed by atoms with Gasteiger partial charge in [-0.15, -0.1) is 0 Å². The lowest BCUT2D eigenvalue weighted by molar-refractivity contribution is -0.295. The number of hydrogen-bond donors (Lipinski definition) is 0. The molecular weight excluding hydrogens is 338 g/mol. The number of carbonyl (C=O) groups is 2. The molecule has 0 saturated heterocycles. The maximum atomic E-state index is 12.5. The highest BCUT2D eigenvalue weighted by atomic mass is 79.9. The van der Waals surface area contributed by atoms with Gasteiger partial charge < -0.3 is 14.6 Å².